The van der Waals surface area contributed by atoms with Gasteiger partial charge in [-0.3, -0.25) is 4.79 Å². The summed E-state index contributed by atoms with van der Waals surface area (Å²) in [6.07, 6.45) is 3.75. The van der Waals surface area contributed by atoms with Crippen LogP contribution in [-0.4, -0.2) is 49.2 Å². The monoisotopic (exact) mass is 291 g/mol. The Labute approximate surface area is 126 Å². The van der Waals surface area contributed by atoms with Gasteiger partial charge in [-0.25, -0.2) is 0 Å². The van der Waals surface area contributed by atoms with Crippen LogP contribution < -0.4 is 10.6 Å². The highest BCUT2D eigenvalue weighted by molar-refractivity contribution is 6.00. The molecule has 1 aliphatic heterocycles. The van der Waals surface area contributed by atoms with Gasteiger partial charge in [0.2, 0.25) is 0 Å². The number of hydrogen-bond acceptors (Lipinski definition) is 4. The zero-order chi connectivity index (χ0) is 15.4. The lowest BCUT2D eigenvalue weighted by Gasteiger charge is -2.36. The maximum absolute atomic E-state index is 12.9. The van der Waals surface area contributed by atoms with E-state index >= 15 is 0 Å². The molecule has 0 saturated carbocycles. The summed E-state index contributed by atoms with van der Waals surface area (Å²) in [5.41, 5.74) is 7.98. The molecule has 1 aromatic rings. The average Bonchev–Trinajstić information content (AvgIpc) is 2.47. The van der Waals surface area contributed by atoms with Gasteiger partial charge in [0.25, 0.3) is 5.91 Å². The Hall–Kier alpha value is -1.75. The zero-order valence-electron chi connectivity index (χ0n) is 12.9. The molecule has 1 fully saturated rings. The van der Waals surface area contributed by atoms with Crippen LogP contribution in [0.3, 0.4) is 0 Å². The van der Waals surface area contributed by atoms with E-state index in [1.54, 1.807) is 6.07 Å². The van der Waals surface area contributed by atoms with Crippen molar-refractivity contribution in [1.29, 1.82) is 0 Å². The number of hydrogen-bond donors (Lipinski definition) is 2. The van der Waals surface area contributed by atoms with Crippen LogP contribution in [0, 0.1) is 0 Å². The first-order valence-corrected chi connectivity index (χ1v) is 7.53. The van der Waals surface area contributed by atoms with Crippen LogP contribution in [0.2, 0.25) is 0 Å². The molecule has 116 valence electrons. The Morgan fingerprint density at radius 1 is 1.43 bits per heavy atom. The normalized spacial score (nSPS) is 18.6. The molecule has 1 unspecified atom stereocenters. The van der Waals surface area contributed by atoms with Crippen molar-refractivity contribution in [3.8, 4) is 0 Å². The largest absolute Gasteiger partial charge is 0.399 e. The smallest absolute Gasteiger partial charge is 0.256 e. The Morgan fingerprint density at radius 3 is 2.86 bits per heavy atom. The molecule has 2 rings (SSSR count). The molecule has 1 atom stereocenters. The number of carbonyl (C=O) groups excluding carboxylic acids is 1. The van der Waals surface area contributed by atoms with Crippen molar-refractivity contribution in [2.75, 3.05) is 37.9 Å². The first-order valence-electron chi connectivity index (χ1n) is 7.53. The van der Waals surface area contributed by atoms with Gasteiger partial charge >= 0.3 is 0 Å². The summed E-state index contributed by atoms with van der Waals surface area (Å²) in [6.45, 7) is 0.872. The van der Waals surface area contributed by atoms with E-state index in [1.165, 1.54) is 0 Å². The van der Waals surface area contributed by atoms with Crippen LogP contribution in [0.1, 0.15) is 36.0 Å². The Balaban J connectivity index is 2.31. The second kappa shape index (κ2) is 6.80. The van der Waals surface area contributed by atoms with Crippen LogP contribution in [-0.2, 0) is 0 Å². The van der Waals surface area contributed by atoms with Crippen molar-refractivity contribution >= 4 is 17.3 Å². The van der Waals surface area contributed by atoms with Gasteiger partial charge in [-0.05, 0) is 43.9 Å². The lowest BCUT2D eigenvalue weighted by Crippen LogP contribution is -2.44. The number of anilines is 2. The third-order valence-corrected chi connectivity index (χ3v) is 4.08. The second-order valence-corrected chi connectivity index (χ2v) is 5.83. The standard InChI is InChI=1S/C16H25N3O2/c1-18(2)15-7-6-12(17)11-14(15)16(21)19-9-4-3-5-13(19)8-10-20/h6-7,11,13,20H,3-5,8-10,17H2,1-2H3. The lowest BCUT2D eigenvalue weighted by atomic mass is 9.98. The van der Waals surface area contributed by atoms with Gasteiger partial charge in [0.1, 0.15) is 0 Å². The first-order chi connectivity index (χ1) is 10.0. The maximum atomic E-state index is 12.9. The summed E-state index contributed by atoms with van der Waals surface area (Å²) in [5.74, 6) is 0.0177. The maximum Gasteiger partial charge on any atom is 0.256 e. The molecule has 1 amide bonds. The lowest BCUT2D eigenvalue weighted by molar-refractivity contribution is 0.0575. The minimum Gasteiger partial charge on any atom is -0.399 e. The number of rotatable bonds is 4. The molecule has 0 aliphatic carbocycles. The molecule has 1 saturated heterocycles. The second-order valence-electron chi connectivity index (χ2n) is 5.83. The SMILES string of the molecule is CN(C)c1ccc(N)cc1C(=O)N1CCCCC1CCO. The molecule has 5 heteroatoms. The first kappa shape index (κ1) is 15.6. The molecular weight excluding hydrogens is 266 g/mol. The van der Waals surface area contributed by atoms with Gasteiger partial charge < -0.3 is 20.6 Å². The van der Waals surface area contributed by atoms with Crippen LogP contribution in [0.25, 0.3) is 0 Å². The van der Waals surface area contributed by atoms with E-state index in [0.29, 0.717) is 17.7 Å². The number of piperidine rings is 1. The third-order valence-electron chi connectivity index (χ3n) is 4.08. The molecule has 5 nitrogen and oxygen atoms in total. The fourth-order valence-electron chi connectivity index (χ4n) is 2.99. The minimum absolute atomic E-state index is 0.0177. The van der Waals surface area contributed by atoms with E-state index in [0.717, 1.165) is 31.5 Å². The van der Waals surface area contributed by atoms with Gasteiger partial charge in [-0.1, -0.05) is 0 Å². The fraction of sp³-hybridized carbons (Fsp3) is 0.562. The third kappa shape index (κ3) is 3.47. The van der Waals surface area contributed by atoms with Gasteiger partial charge in [0.15, 0.2) is 0 Å². The summed E-state index contributed by atoms with van der Waals surface area (Å²) in [4.78, 5) is 16.8. The van der Waals surface area contributed by atoms with E-state index < -0.39 is 0 Å². The number of benzene rings is 1. The molecule has 0 spiro atoms. The fourth-order valence-corrected chi connectivity index (χ4v) is 2.99. The van der Waals surface area contributed by atoms with Crippen molar-refractivity contribution in [1.82, 2.24) is 4.90 Å². The number of aliphatic hydroxyl groups excluding tert-OH is 1. The molecule has 0 aromatic heterocycles. The van der Waals surface area contributed by atoms with Crippen molar-refractivity contribution in [3.63, 3.8) is 0 Å². The summed E-state index contributed by atoms with van der Waals surface area (Å²) in [5, 5.41) is 9.21. The highest BCUT2D eigenvalue weighted by atomic mass is 16.3. The predicted molar refractivity (Wildman–Crippen MR) is 85.6 cm³/mol. The predicted octanol–water partition coefficient (Wildman–Crippen LogP) is 1.71. The molecule has 0 bridgehead atoms. The zero-order valence-corrected chi connectivity index (χ0v) is 12.9. The summed E-state index contributed by atoms with van der Waals surface area (Å²) in [7, 11) is 3.84. The molecular formula is C16H25N3O2. The highest BCUT2D eigenvalue weighted by Gasteiger charge is 2.28. The Kier molecular flexibility index (Phi) is 5.07. The molecule has 21 heavy (non-hydrogen) atoms. The molecule has 1 aromatic carbocycles. The Morgan fingerprint density at radius 2 is 2.19 bits per heavy atom. The van der Waals surface area contributed by atoms with Crippen LogP contribution >= 0.6 is 0 Å². The van der Waals surface area contributed by atoms with Crippen molar-refractivity contribution in [3.05, 3.63) is 23.8 Å². The van der Waals surface area contributed by atoms with Gasteiger partial charge in [-0.15, -0.1) is 0 Å². The number of amides is 1. The van der Waals surface area contributed by atoms with E-state index in [9.17, 15) is 9.90 Å². The van der Waals surface area contributed by atoms with Crippen LogP contribution in [0.5, 0.6) is 0 Å². The number of nitrogens with two attached hydrogens (primary N) is 1. The van der Waals surface area contributed by atoms with Gasteiger partial charge in [0, 0.05) is 44.7 Å². The number of nitrogen functional groups attached to an aromatic ring is 1. The van der Waals surface area contributed by atoms with Crippen molar-refractivity contribution in [2.24, 2.45) is 0 Å². The average molecular weight is 291 g/mol. The van der Waals surface area contributed by atoms with Crippen molar-refractivity contribution in [2.45, 2.75) is 31.7 Å². The van der Waals surface area contributed by atoms with Gasteiger partial charge in [0.05, 0.1) is 5.56 Å². The van der Waals surface area contributed by atoms with Gasteiger partial charge in [-0.2, -0.15) is 0 Å². The number of aliphatic hydroxyl groups is 1. The number of nitrogens with zero attached hydrogens (tertiary/aromatic N) is 2. The number of likely N-dealkylation sites (tertiary alicyclic amines) is 1. The van der Waals surface area contributed by atoms with Crippen molar-refractivity contribution < 1.29 is 9.90 Å². The molecule has 3 N–H and O–H groups in total. The quantitative estimate of drug-likeness (QED) is 0.829. The van der Waals surface area contributed by atoms with Crippen LogP contribution in [0.15, 0.2) is 18.2 Å². The minimum atomic E-state index is 0.0177. The van der Waals surface area contributed by atoms with E-state index in [2.05, 4.69) is 0 Å². The molecule has 1 aliphatic rings. The molecule has 1 heterocycles. The van der Waals surface area contributed by atoms with E-state index in [1.807, 2.05) is 36.0 Å². The summed E-state index contributed by atoms with van der Waals surface area (Å²) in [6, 6.07) is 5.58. The summed E-state index contributed by atoms with van der Waals surface area (Å²) >= 11 is 0. The highest BCUT2D eigenvalue weighted by Crippen LogP contribution is 2.27. The Bertz CT molecular complexity index is 500. The molecule has 0 radical (unpaired) electrons. The topological polar surface area (TPSA) is 69.8 Å². The van der Waals surface area contributed by atoms with E-state index in [4.69, 9.17) is 5.73 Å². The number of carbonyl (C=O) groups is 1. The summed E-state index contributed by atoms with van der Waals surface area (Å²) < 4.78 is 0. The van der Waals surface area contributed by atoms with Crippen LogP contribution in [0.4, 0.5) is 11.4 Å². The van der Waals surface area contributed by atoms with E-state index in [-0.39, 0.29) is 18.6 Å².